The molecule has 1 aromatic carbocycles. The Bertz CT molecular complexity index is 605. The summed E-state index contributed by atoms with van der Waals surface area (Å²) < 4.78 is 22.3. The summed E-state index contributed by atoms with van der Waals surface area (Å²) in [5, 5.41) is 0. The van der Waals surface area contributed by atoms with Gasteiger partial charge >= 0.3 is 11.9 Å². The van der Waals surface area contributed by atoms with Crippen molar-refractivity contribution < 1.29 is 28.5 Å². The van der Waals surface area contributed by atoms with Gasteiger partial charge in [0.2, 0.25) is 0 Å². The minimum Gasteiger partial charge on any atom is -0.486 e. The van der Waals surface area contributed by atoms with Crippen LogP contribution in [0.3, 0.4) is 0 Å². The van der Waals surface area contributed by atoms with Crippen molar-refractivity contribution in [1.82, 2.24) is 0 Å². The number of hydrogen-bond acceptors (Lipinski definition) is 6. The molecule has 0 bridgehead atoms. The predicted molar refractivity (Wildman–Crippen MR) is 107 cm³/mol. The molecule has 28 heavy (non-hydrogen) atoms. The summed E-state index contributed by atoms with van der Waals surface area (Å²) in [6.45, 7) is 11.2. The van der Waals surface area contributed by atoms with Crippen molar-refractivity contribution in [1.29, 1.82) is 0 Å². The van der Waals surface area contributed by atoms with Crippen LogP contribution in [0.2, 0.25) is 0 Å². The molecule has 0 radical (unpaired) electrons. The molecular weight excluding hydrogens is 360 g/mol. The van der Waals surface area contributed by atoms with E-state index in [4.69, 9.17) is 18.9 Å². The van der Waals surface area contributed by atoms with Crippen LogP contribution >= 0.6 is 0 Å². The number of ether oxygens (including phenoxy) is 4. The maximum atomic E-state index is 12.6. The van der Waals surface area contributed by atoms with Crippen molar-refractivity contribution in [2.75, 3.05) is 13.7 Å². The van der Waals surface area contributed by atoms with Crippen LogP contribution < -0.4 is 4.74 Å². The van der Waals surface area contributed by atoms with Gasteiger partial charge in [0.1, 0.15) is 17.5 Å². The third kappa shape index (κ3) is 8.74. The fourth-order valence-corrected chi connectivity index (χ4v) is 2.64. The van der Waals surface area contributed by atoms with Gasteiger partial charge in [-0.25, -0.2) is 0 Å². The van der Waals surface area contributed by atoms with Gasteiger partial charge in [0.05, 0.1) is 18.9 Å². The van der Waals surface area contributed by atoms with E-state index >= 15 is 0 Å². The van der Waals surface area contributed by atoms with Crippen molar-refractivity contribution >= 4 is 11.9 Å². The van der Waals surface area contributed by atoms with Gasteiger partial charge < -0.3 is 18.9 Å². The lowest BCUT2D eigenvalue weighted by Crippen LogP contribution is -2.43. The average molecular weight is 395 g/mol. The van der Waals surface area contributed by atoms with Crippen LogP contribution in [0.1, 0.15) is 48.0 Å². The molecule has 1 aromatic rings. The van der Waals surface area contributed by atoms with Crippen LogP contribution in [0.4, 0.5) is 0 Å². The van der Waals surface area contributed by atoms with Gasteiger partial charge in [-0.3, -0.25) is 9.59 Å². The molecule has 6 heteroatoms. The minimum absolute atomic E-state index is 0.0400. The van der Waals surface area contributed by atoms with Gasteiger partial charge in [0.15, 0.2) is 6.10 Å². The third-order valence-corrected chi connectivity index (χ3v) is 3.93. The fraction of sp³-hybridized carbons (Fsp3) is 0.636. The Labute approximate surface area is 168 Å². The van der Waals surface area contributed by atoms with Crippen LogP contribution in [0, 0.1) is 11.8 Å². The van der Waals surface area contributed by atoms with E-state index in [1.165, 1.54) is 0 Å². The van der Waals surface area contributed by atoms with Crippen LogP contribution in [-0.2, 0) is 23.8 Å². The van der Waals surface area contributed by atoms with Crippen LogP contribution in [0.5, 0.6) is 5.75 Å². The van der Waals surface area contributed by atoms with Gasteiger partial charge in [-0.2, -0.15) is 0 Å². The zero-order chi connectivity index (χ0) is 21.3. The summed E-state index contributed by atoms with van der Waals surface area (Å²) in [4.78, 5) is 24.6. The predicted octanol–water partition coefficient (Wildman–Crippen LogP) is 4.02. The molecule has 0 fully saturated rings. The largest absolute Gasteiger partial charge is 0.486 e. The molecule has 0 aliphatic carbocycles. The second kappa shape index (κ2) is 11.1. The smallest absolute Gasteiger partial charge is 0.309 e. The summed E-state index contributed by atoms with van der Waals surface area (Å²) >= 11 is 0. The molecule has 0 amide bonds. The standard InChI is InChI=1S/C22H34O6/c1-15(2)20(26-17-11-9-8-10-12-17)18(14-25-7)27-21(24)16(3)13-19(23)28-22(4,5)6/h8-12,15-16,18,20H,13-14H2,1-7H3/t16-,18-,20-/m1/s1. The molecule has 6 nitrogen and oxygen atoms in total. The number of carbonyl (C=O) groups excluding carboxylic acids is 2. The fourth-order valence-electron chi connectivity index (χ4n) is 2.64. The highest BCUT2D eigenvalue weighted by molar-refractivity contribution is 5.79. The van der Waals surface area contributed by atoms with Crippen molar-refractivity contribution in [3.8, 4) is 5.75 Å². The number of benzene rings is 1. The Morgan fingerprint density at radius 3 is 2.14 bits per heavy atom. The zero-order valence-corrected chi connectivity index (χ0v) is 18.1. The maximum Gasteiger partial charge on any atom is 0.309 e. The molecule has 0 N–H and O–H groups in total. The van der Waals surface area contributed by atoms with E-state index in [1.807, 2.05) is 44.2 Å². The number of esters is 2. The summed E-state index contributed by atoms with van der Waals surface area (Å²) in [6.07, 6.45) is -1.03. The van der Waals surface area contributed by atoms with E-state index in [-0.39, 0.29) is 25.0 Å². The van der Waals surface area contributed by atoms with Gasteiger partial charge in [0.25, 0.3) is 0 Å². The molecule has 0 heterocycles. The van der Waals surface area contributed by atoms with Crippen molar-refractivity contribution in [3.63, 3.8) is 0 Å². The average Bonchev–Trinajstić information content (AvgIpc) is 2.58. The van der Waals surface area contributed by atoms with Gasteiger partial charge in [-0.15, -0.1) is 0 Å². The molecule has 0 aliphatic heterocycles. The molecule has 3 atom stereocenters. The maximum absolute atomic E-state index is 12.6. The summed E-state index contributed by atoms with van der Waals surface area (Å²) in [7, 11) is 1.55. The quantitative estimate of drug-likeness (QED) is 0.558. The molecule has 0 saturated heterocycles. The number of rotatable bonds is 10. The van der Waals surface area contributed by atoms with Crippen molar-refractivity contribution in [3.05, 3.63) is 30.3 Å². The lowest BCUT2D eigenvalue weighted by molar-refractivity contribution is -0.169. The van der Waals surface area contributed by atoms with E-state index in [0.29, 0.717) is 5.75 Å². The SMILES string of the molecule is COC[C@@H](OC(=O)[C@H](C)CC(=O)OC(C)(C)C)[C@H](Oc1ccccc1)C(C)C. The number of methoxy groups -OCH3 is 1. The van der Waals surface area contributed by atoms with Crippen molar-refractivity contribution in [2.24, 2.45) is 11.8 Å². The first-order valence-electron chi connectivity index (χ1n) is 9.66. The number of hydrogen-bond donors (Lipinski definition) is 0. The Balaban J connectivity index is 2.79. The first kappa shape index (κ1) is 24.0. The topological polar surface area (TPSA) is 71.1 Å². The molecule has 0 aromatic heterocycles. The van der Waals surface area contributed by atoms with Gasteiger partial charge in [0, 0.05) is 7.11 Å². The highest BCUT2D eigenvalue weighted by Gasteiger charge is 2.32. The van der Waals surface area contributed by atoms with E-state index in [0.717, 1.165) is 0 Å². The van der Waals surface area contributed by atoms with E-state index < -0.39 is 29.6 Å². The van der Waals surface area contributed by atoms with E-state index in [2.05, 4.69) is 0 Å². The van der Waals surface area contributed by atoms with Gasteiger partial charge in [-0.05, 0) is 38.8 Å². The third-order valence-electron chi connectivity index (χ3n) is 3.93. The van der Waals surface area contributed by atoms with Gasteiger partial charge in [-0.1, -0.05) is 39.0 Å². The summed E-state index contributed by atoms with van der Waals surface area (Å²) in [5.41, 5.74) is -0.592. The molecule has 0 unspecified atom stereocenters. The number of para-hydroxylation sites is 1. The zero-order valence-electron chi connectivity index (χ0n) is 18.1. The second-order valence-corrected chi connectivity index (χ2v) is 8.26. The van der Waals surface area contributed by atoms with Crippen LogP contribution in [0.25, 0.3) is 0 Å². The summed E-state index contributed by atoms with van der Waals surface area (Å²) in [6, 6.07) is 9.38. The van der Waals surface area contributed by atoms with E-state index in [9.17, 15) is 9.59 Å². The molecule has 1 rings (SSSR count). The Hall–Kier alpha value is -2.08. The molecule has 158 valence electrons. The Morgan fingerprint density at radius 2 is 1.64 bits per heavy atom. The monoisotopic (exact) mass is 394 g/mol. The molecular formula is C22H34O6. The molecule has 0 aliphatic rings. The lowest BCUT2D eigenvalue weighted by Gasteiger charge is -2.31. The Kier molecular flexibility index (Phi) is 9.46. The van der Waals surface area contributed by atoms with Crippen LogP contribution in [-0.4, -0.2) is 43.5 Å². The second-order valence-electron chi connectivity index (χ2n) is 8.26. The van der Waals surface area contributed by atoms with E-state index in [1.54, 1.807) is 34.8 Å². The normalized spacial score (nSPS) is 14.9. The van der Waals surface area contributed by atoms with Crippen molar-refractivity contribution in [2.45, 2.75) is 65.8 Å². The molecule has 0 spiro atoms. The highest BCUT2D eigenvalue weighted by atomic mass is 16.6. The summed E-state index contributed by atoms with van der Waals surface area (Å²) in [5.74, 6) is -0.760. The number of carbonyl (C=O) groups is 2. The minimum atomic E-state index is -0.626. The molecule has 0 saturated carbocycles. The Morgan fingerprint density at radius 1 is 1.04 bits per heavy atom. The first-order chi connectivity index (χ1) is 13.0. The highest BCUT2D eigenvalue weighted by Crippen LogP contribution is 2.21. The first-order valence-corrected chi connectivity index (χ1v) is 9.66. The lowest BCUT2D eigenvalue weighted by atomic mass is 10.0. The van der Waals surface area contributed by atoms with Crippen LogP contribution in [0.15, 0.2) is 30.3 Å².